The van der Waals surface area contributed by atoms with Gasteiger partial charge in [-0.3, -0.25) is 4.72 Å². The molecule has 6 nitrogen and oxygen atoms in total. The molecule has 0 aromatic carbocycles. The standard InChI is InChI=1S/C15H18N4O2S/c1-5-13(7-6-11(2)3)22(20,21)18-14-8-9-16-15-10-12(4)17-19(14)15/h5-10,18H,2H2,1,3-4H3. The number of nitrogens with one attached hydrogen (secondary N) is 1. The fourth-order valence-corrected chi connectivity index (χ4v) is 2.95. The molecule has 0 saturated heterocycles. The van der Waals surface area contributed by atoms with Crippen LogP contribution in [0.5, 0.6) is 0 Å². The number of nitrogens with zero attached hydrogens (tertiary/aromatic N) is 3. The summed E-state index contributed by atoms with van der Waals surface area (Å²) in [5.74, 6) is 0.334. The molecule has 2 heterocycles. The molecule has 0 aliphatic rings. The van der Waals surface area contributed by atoms with Crippen molar-refractivity contribution in [1.82, 2.24) is 14.6 Å². The molecule has 116 valence electrons. The largest absolute Gasteiger partial charge is 0.263 e. The molecule has 0 amide bonds. The lowest BCUT2D eigenvalue weighted by atomic mass is 10.3. The van der Waals surface area contributed by atoms with Crippen molar-refractivity contribution in [1.29, 1.82) is 0 Å². The van der Waals surface area contributed by atoms with Crippen LogP contribution >= 0.6 is 0 Å². The summed E-state index contributed by atoms with van der Waals surface area (Å²) in [4.78, 5) is 4.30. The van der Waals surface area contributed by atoms with Crippen molar-refractivity contribution in [2.75, 3.05) is 4.72 Å². The van der Waals surface area contributed by atoms with E-state index in [-0.39, 0.29) is 4.91 Å². The Kier molecular flexibility index (Phi) is 4.46. The third-order valence-electron chi connectivity index (χ3n) is 2.85. The highest BCUT2D eigenvalue weighted by atomic mass is 32.2. The Bertz CT molecular complexity index is 876. The molecule has 0 aliphatic heterocycles. The van der Waals surface area contributed by atoms with Crippen molar-refractivity contribution in [3.05, 3.63) is 59.3 Å². The molecular formula is C15H18N4O2S. The molecule has 0 bridgehead atoms. The maximum Gasteiger partial charge on any atom is 0.262 e. The van der Waals surface area contributed by atoms with E-state index in [0.29, 0.717) is 11.5 Å². The van der Waals surface area contributed by atoms with Gasteiger partial charge in [-0.15, -0.1) is 0 Å². The summed E-state index contributed by atoms with van der Waals surface area (Å²) in [6.45, 7) is 9.00. The third kappa shape index (κ3) is 3.43. The average molecular weight is 318 g/mol. The first-order chi connectivity index (χ1) is 10.3. The van der Waals surface area contributed by atoms with Crippen molar-refractivity contribution >= 4 is 21.5 Å². The van der Waals surface area contributed by atoms with E-state index in [1.54, 1.807) is 32.1 Å². The van der Waals surface area contributed by atoms with Gasteiger partial charge in [-0.05, 0) is 32.9 Å². The molecule has 0 aliphatic carbocycles. The van der Waals surface area contributed by atoms with Crippen molar-refractivity contribution < 1.29 is 8.42 Å². The van der Waals surface area contributed by atoms with Crippen molar-refractivity contribution in [2.24, 2.45) is 0 Å². The molecule has 2 aromatic rings. The van der Waals surface area contributed by atoms with E-state index in [4.69, 9.17) is 0 Å². The maximum absolute atomic E-state index is 12.5. The average Bonchev–Trinajstić information content (AvgIpc) is 2.80. The fraction of sp³-hybridized carbons (Fsp3) is 0.200. The van der Waals surface area contributed by atoms with Crippen LogP contribution in [0.25, 0.3) is 5.65 Å². The van der Waals surface area contributed by atoms with E-state index in [1.165, 1.54) is 22.9 Å². The van der Waals surface area contributed by atoms with Crippen molar-refractivity contribution in [3.8, 4) is 0 Å². The highest BCUT2D eigenvalue weighted by molar-refractivity contribution is 7.96. The lowest BCUT2D eigenvalue weighted by Gasteiger charge is -2.09. The Hall–Kier alpha value is -2.41. The summed E-state index contributed by atoms with van der Waals surface area (Å²) in [6, 6.07) is 3.34. The zero-order valence-electron chi connectivity index (χ0n) is 12.7. The molecule has 0 unspecified atom stereocenters. The molecule has 2 aromatic heterocycles. The van der Waals surface area contributed by atoms with Crippen LogP contribution in [0.1, 0.15) is 19.5 Å². The molecule has 0 radical (unpaired) electrons. The second-order valence-electron chi connectivity index (χ2n) is 4.86. The van der Waals surface area contributed by atoms with Gasteiger partial charge in [-0.25, -0.2) is 13.4 Å². The summed E-state index contributed by atoms with van der Waals surface area (Å²) in [5.41, 5.74) is 2.10. The zero-order valence-corrected chi connectivity index (χ0v) is 13.6. The zero-order chi connectivity index (χ0) is 16.3. The Labute approximate surface area is 129 Å². The SMILES string of the molecule is C=C(C)C=CC(=CC)S(=O)(=O)Nc1ccnc2cc(C)nn12. The van der Waals surface area contributed by atoms with Crippen LogP contribution in [0.2, 0.25) is 0 Å². The molecule has 0 fully saturated rings. The molecule has 1 N–H and O–H groups in total. The van der Waals surface area contributed by atoms with E-state index in [9.17, 15) is 8.42 Å². The highest BCUT2D eigenvalue weighted by Crippen LogP contribution is 2.17. The van der Waals surface area contributed by atoms with E-state index in [1.807, 2.05) is 6.92 Å². The first kappa shape index (κ1) is 16.0. The highest BCUT2D eigenvalue weighted by Gasteiger charge is 2.16. The number of aryl methyl sites for hydroxylation is 1. The minimum absolute atomic E-state index is 0.157. The van der Waals surface area contributed by atoms with Gasteiger partial charge >= 0.3 is 0 Å². The number of allylic oxidation sites excluding steroid dienone is 4. The van der Waals surface area contributed by atoms with Gasteiger partial charge in [0.1, 0.15) is 5.82 Å². The number of rotatable bonds is 5. The normalized spacial score (nSPS) is 13.0. The molecule has 2 rings (SSSR count). The van der Waals surface area contributed by atoms with Crippen LogP contribution < -0.4 is 4.72 Å². The topological polar surface area (TPSA) is 76.4 Å². The van der Waals surface area contributed by atoms with Crippen LogP contribution in [0.15, 0.2) is 53.6 Å². The number of anilines is 1. The molecular weight excluding hydrogens is 300 g/mol. The van der Waals surface area contributed by atoms with Gasteiger partial charge in [0.05, 0.1) is 10.6 Å². The van der Waals surface area contributed by atoms with E-state index >= 15 is 0 Å². The maximum atomic E-state index is 12.5. The summed E-state index contributed by atoms with van der Waals surface area (Å²) in [5, 5.41) is 4.23. The number of hydrogen-bond acceptors (Lipinski definition) is 4. The first-order valence-corrected chi connectivity index (χ1v) is 8.16. The van der Waals surface area contributed by atoms with Crippen LogP contribution in [0.3, 0.4) is 0 Å². The molecule has 0 atom stereocenters. The number of hydrogen-bond donors (Lipinski definition) is 1. The third-order valence-corrected chi connectivity index (χ3v) is 4.32. The lowest BCUT2D eigenvalue weighted by molar-refractivity contribution is 0.607. The van der Waals surface area contributed by atoms with Crippen LogP contribution in [0.4, 0.5) is 5.82 Å². The number of fused-ring (bicyclic) bond motifs is 1. The lowest BCUT2D eigenvalue weighted by Crippen LogP contribution is -2.16. The van der Waals surface area contributed by atoms with E-state index in [2.05, 4.69) is 21.4 Å². The van der Waals surface area contributed by atoms with Crippen LogP contribution in [0, 0.1) is 6.92 Å². The van der Waals surface area contributed by atoms with Gasteiger partial charge in [-0.2, -0.15) is 9.61 Å². The number of aromatic nitrogens is 3. The second-order valence-corrected chi connectivity index (χ2v) is 6.54. The Morgan fingerprint density at radius 2 is 2.14 bits per heavy atom. The summed E-state index contributed by atoms with van der Waals surface area (Å²) in [7, 11) is -3.71. The van der Waals surface area contributed by atoms with Gasteiger partial charge < -0.3 is 0 Å². The van der Waals surface area contributed by atoms with Gasteiger partial charge in [0.15, 0.2) is 5.65 Å². The summed E-state index contributed by atoms with van der Waals surface area (Å²) < 4.78 is 28.9. The monoisotopic (exact) mass is 318 g/mol. The van der Waals surface area contributed by atoms with Crippen molar-refractivity contribution in [3.63, 3.8) is 0 Å². The van der Waals surface area contributed by atoms with Gasteiger partial charge in [0, 0.05) is 12.3 Å². The van der Waals surface area contributed by atoms with Crippen LogP contribution in [-0.4, -0.2) is 23.0 Å². The van der Waals surface area contributed by atoms with Crippen LogP contribution in [-0.2, 0) is 10.0 Å². The van der Waals surface area contributed by atoms with E-state index in [0.717, 1.165) is 11.3 Å². The quantitative estimate of drug-likeness (QED) is 0.860. The summed E-state index contributed by atoms with van der Waals surface area (Å²) in [6.07, 6.45) is 6.22. The van der Waals surface area contributed by atoms with Gasteiger partial charge in [0.25, 0.3) is 10.0 Å². The van der Waals surface area contributed by atoms with E-state index < -0.39 is 10.0 Å². The molecule has 0 spiro atoms. The second kappa shape index (κ2) is 6.15. The number of sulfonamides is 1. The summed E-state index contributed by atoms with van der Waals surface area (Å²) >= 11 is 0. The molecule has 0 saturated carbocycles. The van der Waals surface area contributed by atoms with Gasteiger partial charge in [-0.1, -0.05) is 24.3 Å². The minimum Gasteiger partial charge on any atom is -0.263 e. The van der Waals surface area contributed by atoms with Crippen molar-refractivity contribution in [2.45, 2.75) is 20.8 Å². The predicted octanol–water partition coefficient (Wildman–Crippen LogP) is 2.82. The Morgan fingerprint density at radius 3 is 2.77 bits per heavy atom. The predicted molar refractivity (Wildman–Crippen MR) is 88.0 cm³/mol. The smallest absolute Gasteiger partial charge is 0.262 e. The Morgan fingerprint density at radius 1 is 1.41 bits per heavy atom. The molecule has 7 heteroatoms. The first-order valence-electron chi connectivity index (χ1n) is 6.67. The fourth-order valence-electron chi connectivity index (χ4n) is 1.85. The van der Waals surface area contributed by atoms with Gasteiger partial charge in [0.2, 0.25) is 0 Å². The minimum atomic E-state index is -3.71. The molecule has 22 heavy (non-hydrogen) atoms. The Balaban J connectivity index is 2.40.